The molecule has 0 aromatic heterocycles. The molecule has 0 spiro atoms. The second kappa shape index (κ2) is 11.3. The first-order valence-electron chi connectivity index (χ1n) is 11.5. The van der Waals surface area contributed by atoms with E-state index in [0.717, 1.165) is 0 Å². The van der Waals surface area contributed by atoms with Crippen LogP contribution in [0.4, 0.5) is 0 Å². The minimum atomic E-state index is -2.08. The first kappa shape index (κ1) is 30.1. The van der Waals surface area contributed by atoms with E-state index in [0.29, 0.717) is 18.6 Å². The van der Waals surface area contributed by atoms with Crippen LogP contribution in [0, 0.1) is 17.4 Å². The third-order valence-electron chi connectivity index (χ3n) is 6.98. The van der Waals surface area contributed by atoms with Crippen LogP contribution < -0.4 is 0 Å². The molecule has 0 saturated carbocycles. The molecule has 0 aromatic rings. The lowest BCUT2D eigenvalue weighted by Gasteiger charge is -2.40. The minimum absolute atomic E-state index is 0.0506. The van der Waals surface area contributed by atoms with Gasteiger partial charge in [0.15, 0.2) is 8.32 Å². The summed E-state index contributed by atoms with van der Waals surface area (Å²) in [5.74, 6) is 2.94. The van der Waals surface area contributed by atoms with Crippen molar-refractivity contribution in [2.24, 2.45) is 5.92 Å². The van der Waals surface area contributed by atoms with Crippen LogP contribution >= 0.6 is 0 Å². The molecule has 0 fully saturated rings. The summed E-state index contributed by atoms with van der Waals surface area (Å²) >= 11 is 0. The molecule has 0 radical (unpaired) electrons. The number of rotatable bonds is 8. The highest BCUT2D eigenvalue weighted by molar-refractivity contribution is 6.87. The van der Waals surface area contributed by atoms with E-state index in [1.165, 1.54) is 0 Å². The van der Waals surface area contributed by atoms with Gasteiger partial charge in [-0.2, -0.15) is 0 Å². The molecular formula is C25H48O4Si2. The van der Waals surface area contributed by atoms with Crippen LogP contribution in [0.5, 0.6) is 0 Å². The van der Waals surface area contributed by atoms with Crippen molar-refractivity contribution < 1.29 is 19.1 Å². The van der Waals surface area contributed by atoms with Gasteiger partial charge >= 0.3 is 5.97 Å². The van der Waals surface area contributed by atoms with Crippen molar-refractivity contribution in [2.45, 2.75) is 117 Å². The molecule has 31 heavy (non-hydrogen) atoms. The zero-order valence-corrected chi connectivity index (χ0v) is 24.4. The van der Waals surface area contributed by atoms with E-state index >= 15 is 0 Å². The van der Waals surface area contributed by atoms with E-state index in [1.807, 2.05) is 6.92 Å². The van der Waals surface area contributed by atoms with Gasteiger partial charge in [-0.1, -0.05) is 73.6 Å². The maximum Gasteiger partial charge on any atom is 0.333 e. The summed E-state index contributed by atoms with van der Waals surface area (Å²) in [6.07, 6.45) is 1.11. The largest absolute Gasteiger partial charge is 0.463 e. The van der Waals surface area contributed by atoms with Crippen molar-refractivity contribution in [3.63, 3.8) is 0 Å². The lowest BCUT2D eigenvalue weighted by molar-refractivity contribution is -0.138. The van der Waals surface area contributed by atoms with Gasteiger partial charge in [0.05, 0.1) is 12.7 Å². The fourth-order valence-electron chi connectivity index (χ4n) is 2.24. The Bertz CT molecular complexity index is 685. The van der Waals surface area contributed by atoms with Gasteiger partial charge in [0.2, 0.25) is 0 Å². The van der Waals surface area contributed by atoms with Crippen LogP contribution in [-0.4, -0.2) is 46.3 Å². The molecule has 0 heterocycles. The van der Waals surface area contributed by atoms with Crippen molar-refractivity contribution in [2.75, 3.05) is 6.61 Å². The Kier molecular flexibility index (Phi) is 11.0. The quantitative estimate of drug-likeness (QED) is 0.196. The number of esters is 1. The van der Waals surface area contributed by atoms with Gasteiger partial charge in [-0.25, -0.2) is 4.79 Å². The predicted octanol–water partition coefficient (Wildman–Crippen LogP) is 6.32. The van der Waals surface area contributed by atoms with Gasteiger partial charge in [-0.05, 0) is 43.4 Å². The van der Waals surface area contributed by atoms with Gasteiger partial charge in [0, 0.05) is 11.5 Å². The highest BCUT2D eigenvalue weighted by atomic mass is 28.4. The summed E-state index contributed by atoms with van der Waals surface area (Å²) in [7, 11) is -3.89. The van der Waals surface area contributed by atoms with Gasteiger partial charge in [0.25, 0.3) is 0 Å². The molecule has 0 unspecified atom stereocenters. The molecule has 0 bridgehead atoms. The van der Waals surface area contributed by atoms with E-state index in [1.54, 1.807) is 19.9 Å². The second-order valence-corrected chi connectivity index (χ2v) is 21.5. The molecule has 0 rings (SSSR count). The normalized spacial score (nSPS) is 16.8. The Labute approximate surface area is 194 Å². The zero-order valence-electron chi connectivity index (χ0n) is 22.4. The third-order valence-corrected chi connectivity index (χ3v) is 16.0. The van der Waals surface area contributed by atoms with E-state index in [2.05, 4.69) is 79.2 Å². The lowest BCUT2D eigenvalue weighted by atomic mass is 9.95. The fourth-order valence-corrected chi connectivity index (χ4v) is 4.38. The number of aliphatic hydroxyl groups is 1. The first-order valence-corrected chi connectivity index (χ1v) is 17.4. The molecule has 0 saturated heterocycles. The van der Waals surface area contributed by atoms with E-state index in [9.17, 15) is 9.90 Å². The summed E-state index contributed by atoms with van der Waals surface area (Å²) < 4.78 is 11.7. The molecule has 0 aliphatic carbocycles. The molecule has 4 nitrogen and oxygen atoms in total. The van der Waals surface area contributed by atoms with Crippen molar-refractivity contribution in [1.82, 2.24) is 0 Å². The predicted molar refractivity (Wildman–Crippen MR) is 137 cm³/mol. The van der Waals surface area contributed by atoms with Crippen LogP contribution in [0.15, 0.2) is 11.6 Å². The monoisotopic (exact) mass is 468 g/mol. The van der Waals surface area contributed by atoms with Gasteiger partial charge in [-0.15, -0.1) is 5.54 Å². The molecule has 1 N–H and O–H groups in total. The van der Waals surface area contributed by atoms with Crippen LogP contribution in [0.1, 0.15) is 68.7 Å². The van der Waals surface area contributed by atoms with Crippen LogP contribution in [0.3, 0.4) is 0 Å². The summed E-state index contributed by atoms with van der Waals surface area (Å²) in [5.41, 5.74) is 4.11. The molecule has 180 valence electrons. The van der Waals surface area contributed by atoms with Crippen LogP contribution in [0.25, 0.3) is 0 Å². The maximum absolute atomic E-state index is 11.9. The average Bonchev–Trinajstić information content (AvgIpc) is 2.60. The number of carbonyl (C=O) groups is 1. The van der Waals surface area contributed by atoms with E-state index < -0.39 is 22.5 Å². The van der Waals surface area contributed by atoms with Gasteiger partial charge < -0.3 is 14.3 Å². The second-order valence-electron chi connectivity index (χ2n) is 11.7. The van der Waals surface area contributed by atoms with Crippen molar-refractivity contribution >= 4 is 22.4 Å². The highest BCUT2D eigenvalue weighted by Crippen LogP contribution is 2.39. The number of hydrogen-bond donors (Lipinski definition) is 1. The minimum Gasteiger partial charge on any atom is -0.463 e. The number of hydrogen-bond acceptors (Lipinski definition) is 4. The van der Waals surface area contributed by atoms with Crippen LogP contribution in [-0.2, 0) is 14.0 Å². The summed E-state index contributed by atoms with van der Waals surface area (Å²) in [4.78, 5) is 11.9. The number of aliphatic hydroxyl groups excluding tert-OH is 1. The smallest absolute Gasteiger partial charge is 0.333 e. The van der Waals surface area contributed by atoms with Crippen molar-refractivity contribution in [3.8, 4) is 11.5 Å². The molecule has 0 aliphatic heterocycles. The third kappa shape index (κ3) is 9.25. The standard InChI is InChI=1S/C25H48O4Si2/c1-14-28-23(27)19(2)15-16-21(26)20(3)22(29-31(12,13)25(7,8)9)17-18-30(10,11)24(4,5)6/h15,20-22,26H,14,16H2,1-13H3/b19-15+/t20-,21-,22-/m1/s1. The van der Waals surface area contributed by atoms with E-state index in [4.69, 9.17) is 9.16 Å². The molecule has 0 aromatic carbocycles. The van der Waals surface area contributed by atoms with Gasteiger partial charge in [0.1, 0.15) is 14.2 Å². The van der Waals surface area contributed by atoms with Crippen LogP contribution in [0.2, 0.25) is 36.3 Å². The Morgan fingerprint density at radius 2 is 1.58 bits per heavy atom. The SMILES string of the molecule is CCOC(=O)/C(C)=C/C[C@@H](O)[C@@H](C)[C@@H](C#C[Si](C)(C)C(C)(C)C)O[Si](C)(C)C(C)(C)C. The topological polar surface area (TPSA) is 55.8 Å². The average molecular weight is 469 g/mol. The first-order chi connectivity index (χ1) is 13.8. The summed E-state index contributed by atoms with van der Waals surface area (Å²) in [6.45, 7) is 28.2. The zero-order chi connectivity index (χ0) is 24.8. The fraction of sp³-hybridized carbons (Fsp3) is 0.800. The Balaban J connectivity index is 5.84. The number of carbonyl (C=O) groups excluding carboxylic acids is 1. The Morgan fingerprint density at radius 3 is 2.00 bits per heavy atom. The number of ether oxygens (including phenoxy) is 1. The van der Waals surface area contributed by atoms with Crippen molar-refractivity contribution in [1.29, 1.82) is 0 Å². The molecule has 0 amide bonds. The summed E-state index contributed by atoms with van der Waals surface area (Å²) in [6, 6.07) is 0. The van der Waals surface area contributed by atoms with Crippen molar-refractivity contribution in [3.05, 3.63) is 11.6 Å². The lowest BCUT2D eigenvalue weighted by Crippen LogP contribution is -2.47. The maximum atomic E-state index is 11.9. The molecule has 6 heteroatoms. The Morgan fingerprint density at radius 1 is 1.06 bits per heavy atom. The molecule has 3 atom stereocenters. The highest BCUT2D eigenvalue weighted by Gasteiger charge is 2.41. The summed E-state index contributed by atoms with van der Waals surface area (Å²) in [5, 5.41) is 11.1. The molecular weight excluding hydrogens is 420 g/mol. The van der Waals surface area contributed by atoms with E-state index in [-0.39, 0.29) is 28.1 Å². The molecule has 0 aliphatic rings. The van der Waals surface area contributed by atoms with Gasteiger partial charge in [-0.3, -0.25) is 0 Å². The Hall–Kier alpha value is -0.876.